The zero-order valence-corrected chi connectivity index (χ0v) is 49.0. The largest absolute Gasteiger partial charge is 0.460 e. The molecule has 1 aliphatic carbocycles. The van der Waals surface area contributed by atoms with Gasteiger partial charge in [-0.25, -0.2) is 4.79 Å². The number of nitrogens with zero attached hydrogens (tertiary/aromatic N) is 1. The van der Waals surface area contributed by atoms with Crippen LogP contribution in [0.1, 0.15) is 138 Å². The van der Waals surface area contributed by atoms with Gasteiger partial charge in [-0.2, -0.15) is 0 Å². The summed E-state index contributed by atoms with van der Waals surface area (Å²) < 4.78 is 60.8. The Hall–Kier alpha value is -3.22. The number of ketones is 3. The highest BCUT2D eigenvalue weighted by Gasteiger charge is 2.53. The second kappa shape index (κ2) is 30.6. The monoisotopic (exact) mass is 1100 g/mol. The molecule has 5 aliphatic rings. The molecular weight excluding hydrogens is 1010 g/mol. The van der Waals surface area contributed by atoms with Gasteiger partial charge < -0.3 is 52.8 Å². The quantitative estimate of drug-likeness (QED) is 0.0617. The molecule has 17 nitrogen and oxygen atoms in total. The minimum atomic E-state index is -2.80. The maximum absolute atomic E-state index is 14.6. The topological polar surface area (TPSA) is 220 Å². The highest BCUT2D eigenvalue weighted by Crippen LogP contribution is 2.45. The molecule has 18 heteroatoms. The molecule has 3 saturated heterocycles. The van der Waals surface area contributed by atoms with Crippen LogP contribution in [0.4, 0.5) is 0 Å². The van der Waals surface area contributed by atoms with E-state index in [1.165, 1.54) is 12.0 Å². The van der Waals surface area contributed by atoms with E-state index in [4.69, 9.17) is 37.7 Å². The molecule has 4 fully saturated rings. The number of carbonyl (C=O) groups excluding carboxylic acids is 5. The van der Waals surface area contributed by atoms with Crippen molar-refractivity contribution >= 4 is 36.6 Å². The Labute approximate surface area is 459 Å². The number of carbonyl (C=O) groups is 5. The molecular formula is C59H94NO16P. The van der Waals surface area contributed by atoms with Gasteiger partial charge in [-0.05, 0) is 120 Å². The number of amides is 1. The molecule has 0 aromatic heterocycles. The van der Waals surface area contributed by atoms with Crippen molar-refractivity contribution in [1.29, 1.82) is 0 Å². The first-order valence-electron chi connectivity index (χ1n) is 28.5. The maximum Gasteiger partial charge on any atom is 0.329 e. The van der Waals surface area contributed by atoms with E-state index in [0.717, 1.165) is 24.8 Å². The third kappa shape index (κ3) is 18.9. The highest BCUT2D eigenvalue weighted by atomic mass is 31.2. The zero-order chi connectivity index (χ0) is 56.6. The molecule has 2 bridgehead atoms. The summed E-state index contributed by atoms with van der Waals surface area (Å²) in [6, 6.07) is -1.18. The van der Waals surface area contributed by atoms with Crippen LogP contribution >= 0.6 is 7.37 Å². The third-order valence-corrected chi connectivity index (χ3v) is 17.3. The molecule has 1 saturated carbocycles. The normalized spacial score (nSPS) is 35.5. The lowest BCUT2D eigenvalue weighted by molar-refractivity contribution is -0.266. The molecule has 15 atom stereocenters. The number of Topliss-reactive ketones (excluding diaryl/α,β-unsaturated/α-hetero) is 3. The van der Waals surface area contributed by atoms with Gasteiger partial charge >= 0.3 is 5.97 Å². The van der Waals surface area contributed by atoms with Crippen LogP contribution in [0.2, 0.25) is 0 Å². The van der Waals surface area contributed by atoms with Crippen molar-refractivity contribution in [2.45, 2.75) is 199 Å². The van der Waals surface area contributed by atoms with Gasteiger partial charge in [0.1, 0.15) is 30.1 Å². The fourth-order valence-electron chi connectivity index (χ4n) is 11.7. The summed E-state index contributed by atoms with van der Waals surface area (Å²) in [6.45, 7) is 17.8. The van der Waals surface area contributed by atoms with Gasteiger partial charge in [0.05, 0.1) is 43.7 Å². The van der Waals surface area contributed by atoms with Crippen molar-refractivity contribution in [3.8, 4) is 0 Å². The van der Waals surface area contributed by atoms with Gasteiger partial charge in [0.15, 0.2) is 13.2 Å². The molecule has 5 rings (SSSR count). The molecule has 0 aromatic carbocycles. The summed E-state index contributed by atoms with van der Waals surface area (Å²) in [5, 5.41) is 23.8. The lowest BCUT2D eigenvalue weighted by Gasteiger charge is -2.43. The number of piperidine rings is 1. The van der Waals surface area contributed by atoms with Crippen LogP contribution in [0.3, 0.4) is 0 Å². The highest BCUT2D eigenvalue weighted by molar-refractivity contribution is 7.57. The maximum atomic E-state index is 14.6. The number of fused-ring (bicyclic) bond motifs is 3. The van der Waals surface area contributed by atoms with E-state index in [9.17, 15) is 38.8 Å². The van der Waals surface area contributed by atoms with E-state index in [-0.39, 0.29) is 80.0 Å². The number of hydrogen-bond donors (Lipinski definition) is 2. The number of methoxy groups -OCH3 is 2. The fourth-order valence-corrected chi connectivity index (χ4v) is 12.6. The number of aliphatic hydroxyl groups excluding tert-OH is 1. The van der Waals surface area contributed by atoms with E-state index in [0.29, 0.717) is 76.8 Å². The summed E-state index contributed by atoms with van der Waals surface area (Å²) in [5.41, 5.74) is 1.24. The van der Waals surface area contributed by atoms with E-state index in [1.54, 1.807) is 47.3 Å². The molecule has 77 heavy (non-hydrogen) atoms. The average Bonchev–Trinajstić information content (AvgIpc) is 3.41. The molecule has 2 N–H and O–H groups in total. The van der Waals surface area contributed by atoms with Crippen LogP contribution in [0.25, 0.3) is 0 Å². The molecule has 436 valence electrons. The van der Waals surface area contributed by atoms with Crippen molar-refractivity contribution < 1.29 is 76.4 Å². The molecule has 0 radical (unpaired) electrons. The second-order valence-corrected chi connectivity index (χ2v) is 26.0. The second-order valence-electron chi connectivity index (χ2n) is 23.2. The van der Waals surface area contributed by atoms with Gasteiger partial charge in [-0.15, -0.1) is 0 Å². The number of hydrogen-bond acceptors (Lipinski definition) is 16. The van der Waals surface area contributed by atoms with Crippen LogP contribution in [0, 0.1) is 35.5 Å². The first-order chi connectivity index (χ1) is 36.5. The Morgan fingerprint density at radius 1 is 0.831 bits per heavy atom. The molecule has 4 heterocycles. The van der Waals surface area contributed by atoms with E-state index >= 15 is 0 Å². The lowest BCUT2D eigenvalue weighted by atomic mass is 9.78. The lowest BCUT2D eigenvalue weighted by Crippen LogP contribution is -2.61. The minimum absolute atomic E-state index is 0.0114. The number of ether oxygens (including phenoxy) is 7. The van der Waals surface area contributed by atoms with Gasteiger partial charge in [-0.3, -0.25) is 23.7 Å². The van der Waals surface area contributed by atoms with E-state index < -0.39 is 85.1 Å². The summed E-state index contributed by atoms with van der Waals surface area (Å²) in [4.78, 5) is 73.1. The van der Waals surface area contributed by atoms with Crippen molar-refractivity contribution in [3.63, 3.8) is 0 Å². The Morgan fingerprint density at radius 3 is 2.23 bits per heavy atom. The van der Waals surface area contributed by atoms with Crippen LogP contribution < -0.4 is 0 Å². The first kappa shape index (κ1) is 64.6. The van der Waals surface area contributed by atoms with Crippen LogP contribution in [-0.4, -0.2) is 166 Å². The summed E-state index contributed by atoms with van der Waals surface area (Å²) >= 11 is 0. The smallest absolute Gasteiger partial charge is 0.329 e. The van der Waals surface area contributed by atoms with Crippen molar-refractivity contribution in [3.05, 3.63) is 47.6 Å². The number of aliphatic hydroxyl groups is 2. The van der Waals surface area contributed by atoms with Crippen LogP contribution in [0.5, 0.6) is 0 Å². The van der Waals surface area contributed by atoms with Gasteiger partial charge in [0, 0.05) is 77.9 Å². The third-order valence-electron chi connectivity index (χ3n) is 16.5. The van der Waals surface area contributed by atoms with Crippen molar-refractivity contribution in [2.24, 2.45) is 35.5 Å². The summed E-state index contributed by atoms with van der Waals surface area (Å²) in [7, 11) is 0.175. The van der Waals surface area contributed by atoms with Crippen LogP contribution in [-0.2, 0) is 66.2 Å². The zero-order valence-electron chi connectivity index (χ0n) is 48.1. The van der Waals surface area contributed by atoms with Gasteiger partial charge in [0.2, 0.25) is 5.79 Å². The number of allylic oxidation sites excluding steroid dienone is 6. The summed E-state index contributed by atoms with van der Waals surface area (Å²) in [6.07, 6.45) is 12.8. The number of rotatable bonds is 12. The Kier molecular flexibility index (Phi) is 25.6. The fraction of sp³-hybridized carbons (Fsp3) is 0.780. The van der Waals surface area contributed by atoms with Crippen molar-refractivity contribution in [2.75, 3.05) is 60.5 Å². The summed E-state index contributed by atoms with van der Waals surface area (Å²) in [5.74, 6) is -8.30. The molecule has 0 aromatic rings. The number of esters is 1. The Morgan fingerprint density at radius 2 is 1.55 bits per heavy atom. The Bertz CT molecular complexity index is 2130. The SMILES string of the molecule is CO[C@@H]1C[C@H](C[C@@H](C)[C@@H]2CC(=O)[C@H](C)C=C(C)[C@@H](O)[C@@H](OC)C(=O)[C@H](C)C[C@H](C)C=CC=CC=C(C)C(OCCOC3CCOCC3)C[C@@H]3CC[C@@H](C)[C@@](O)(O3)C(=O)C(=O)N3CCCC[C@H]3C(=O)O2)CC[C@H]1OP(C)(C)=O. The molecule has 0 spiro atoms. The standard InChI is InChI=1S/C59H94NO16P/c1-37-17-13-12-14-18-38(2)50(73-30-29-72-45-24-27-71-28-25-45)35-46-22-20-43(7)59(67,75-46)56(64)57(65)60-26-16-15-19-47(60)58(66)74-51(40(4)33-44-21-23-49(52(34-44)69-8)76-77(10,11)68)36-48(61)39(3)32-42(6)54(63)55(70-9)53(62)41(5)31-37/h12-14,17-18,32,37,39-41,43-47,49-52,54-55,63,67H,15-16,19-31,33-36H2,1-11H3/t37-,39-,40-,41-,43-,44+,46+,47+,49-,50?,51+,52-,54-,55+,59-/m1/s1. The van der Waals surface area contributed by atoms with E-state index in [1.807, 2.05) is 58.1 Å². The predicted molar refractivity (Wildman–Crippen MR) is 292 cm³/mol. The molecule has 1 amide bonds. The van der Waals surface area contributed by atoms with Crippen molar-refractivity contribution in [1.82, 2.24) is 4.90 Å². The Balaban J connectivity index is 1.46. The van der Waals surface area contributed by atoms with Gasteiger partial charge in [0.25, 0.3) is 11.7 Å². The molecule has 4 aliphatic heterocycles. The van der Waals surface area contributed by atoms with Crippen LogP contribution in [0.15, 0.2) is 47.6 Å². The predicted octanol–water partition coefficient (Wildman–Crippen LogP) is 8.31. The number of cyclic esters (lactones) is 1. The van der Waals surface area contributed by atoms with Gasteiger partial charge in [-0.1, -0.05) is 71.1 Å². The molecule has 1 unspecified atom stereocenters. The average molecular weight is 1100 g/mol. The first-order valence-corrected chi connectivity index (χ1v) is 31.0. The minimum Gasteiger partial charge on any atom is -0.460 e. The van der Waals surface area contributed by atoms with E-state index in [2.05, 4.69) is 0 Å².